The molecule has 3 heterocycles. The van der Waals surface area contributed by atoms with Crippen molar-refractivity contribution in [2.45, 2.75) is 37.2 Å². The van der Waals surface area contributed by atoms with E-state index in [0.29, 0.717) is 23.2 Å². The second kappa shape index (κ2) is 4.09. The Morgan fingerprint density at radius 1 is 1.38 bits per heavy atom. The molecule has 0 radical (unpaired) electrons. The first-order chi connectivity index (χ1) is 7.68. The maximum atomic E-state index is 6.37. The van der Waals surface area contributed by atoms with Gasteiger partial charge in [0.15, 0.2) is 5.15 Å². The van der Waals surface area contributed by atoms with E-state index in [1.54, 1.807) is 0 Å². The standard InChI is InChI=1S/C10H13Cl2N3S/c1-5-6-2-3-8(15(5)4-7(6)11)9-10(12)14-16-13-9/h5-8H,2-4H2,1H3. The second-order valence-electron chi connectivity index (χ2n) is 4.65. The first-order valence-corrected chi connectivity index (χ1v) is 7.10. The minimum atomic E-state index is 0.283. The van der Waals surface area contributed by atoms with Gasteiger partial charge < -0.3 is 0 Å². The summed E-state index contributed by atoms with van der Waals surface area (Å²) >= 11 is 13.6. The molecule has 3 rings (SSSR count). The molecular weight excluding hydrogens is 265 g/mol. The molecule has 88 valence electrons. The first kappa shape index (κ1) is 11.2. The minimum absolute atomic E-state index is 0.283. The quantitative estimate of drug-likeness (QED) is 0.739. The molecule has 0 saturated carbocycles. The van der Waals surface area contributed by atoms with Crippen molar-refractivity contribution in [1.82, 2.24) is 13.6 Å². The van der Waals surface area contributed by atoms with Crippen molar-refractivity contribution < 1.29 is 0 Å². The predicted octanol–water partition coefficient (Wildman–Crippen LogP) is 2.95. The fourth-order valence-corrected chi connectivity index (χ4v) is 4.39. The third-order valence-electron chi connectivity index (χ3n) is 3.95. The Balaban J connectivity index is 1.91. The normalized spacial score (nSPS) is 42.6. The summed E-state index contributed by atoms with van der Waals surface area (Å²) in [6.45, 7) is 3.21. The minimum Gasteiger partial charge on any atom is -0.290 e. The van der Waals surface area contributed by atoms with Crippen molar-refractivity contribution in [3.8, 4) is 0 Å². The van der Waals surface area contributed by atoms with Crippen LogP contribution in [0.1, 0.15) is 31.5 Å². The van der Waals surface area contributed by atoms with Crippen LogP contribution in [0.5, 0.6) is 0 Å². The van der Waals surface area contributed by atoms with Gasteiger partial charge in [0.2, 0.25) is 0 Å². The van der Waals surface area contributed by atoms with Crippen molar-refractivity contribution in [1.29, 1.82) is 0 Å². The van der Waals surface area contributed by atoms with Gasteiger partial charge in [-0.2, -0.15) is 8.75 Å². The molecule has 2 bridgehead atoms. The smallest absolute Gasteiger partial charge is 0.167 e. The molecule has 0 aliphatic carbocycles. The highest BCUT2D eigenvalue weighted by molar-refractivity contribution is 6.99. The summed E-state index contributed by atoms with van der Waals surface area (Å²) in [5.74, 6) is 0.628. The number of piperidine rings is 1. The van der Waals surface area contributed by atoms with Crippen LogP contribution in [0.3, 0.4) is 0 Å². The molecule has 1 aromatic rings. The lowest BCUT2D eigenvalue weighted by Gasteiger charge is -2.36. The molecule has 0 spiro atoms. The first-order valence-electron chi connectivity index (χ1n) is 5.56. The lowest BCUT2D eigenvalue weighted by atomic mass is 9.88. The summed E-state index contributed by atoms with van der Waals surface area (Å²) in [6, 6.07) is 0.861. The van der Waals surface area contributed by atoms with E-state index in [9.17, 15) is 0 Å². The summed E-state index contributed by atoms with van der Waals surface area (Å²) in [7, 11) is 0. The van der Waals surface area contributed by atoms with Crippen LogP contribution in [0.2, 0.25) is 5.15 Å². The second-order valence-corrected chi connectivity index (χ2v) is 6.10. The Bertz CT molecular complexity index is 397. The molecule has 2 fully saturated rings. The molecule has 5 atom stereocenters. The van der Waals surface area contributed by atoms with E-state index in [-0.39, 0.29) is 5.38 Å². The van der Waals surface area contributed by atoms with Crippen molar-refractivity contribution in [3.05, 3.63) is 10.8 Å². The summed E-state index contributed by atoms with van der Waals surface area (Å²) < 4.78 is 8.38. The zero-order chi connectivity index (χ0) is 11.3. The van der Waals surface area contributed by atoms with E-state index in [0.717, 1.165) is 18.7 Å². The average molecular weight is 278 g/mol. The molecule has 1 aromatic heterocycles. The number of aromatic nitrogens is 2. The Morgan fingerprint density at radius 2 is 2.19 bits per heavy atom. The third kappa shape index (κ3) is 1.58. The van der Waals surface area contributed by atoms with Crippen LogP contribution in [0.25, 0.3) is 0 Å². The molecule has 6 heteroatoms. The Hall–Kier alpha value is 0.1000. The van der Waals surface area contributed by atoms with Crippen molar-refractivity contribution in [2.75, 3.05) is 6.54 Å². The van der Waals surface area contributed by atoms with Crippen molar-refractivity contribution in [2.24, 2.45) is 5.92 Å². The molecule has 0 N–H and O–H groups in total. The maximum absolute atomic E-state index is 6.37. The Morgan fingerprint density at radius 3 is 2.88 bits per heavy atom. The van der Waals surface area contributed by atoms with Crippen molar-refractivity contribution in [3.63, 3.8) is 0 Å². The number of fused-ring (bicyclic) bond motifs is 2. The lowest BCUT2D eigenvalue weighted by Crippen LogP contribution is -2.38. The predicted molar refractivity (Wildman–Crippen MR) is 66.2 cm³/mol. The molecular formula is C10H13Cl2N3S. The van der Waals surface area contributed by atoms with Gasteiger partial charge in [0.05, 0.1) is 23.1 Å². The van der Waals surface area contributed by atoms with Crippen LogP contribution in [-0.2, 0) is 0 Å². The lowest BCUT2D eigenvalue weighted by molar-refractivity contribution is 0.118. The molecule has 2 aliphatic rings. The van der Waals surface area contributed by atoms with Gasteiger partial charge in [0.25, 0.3) is 0 Å². The molecule has 2 aliphatic heterocycles. The van der Waals surface area contributed by atoms with E-state index in [4.69, 9.17) is 23.2 Å². The van der Waals surface area contributed by atoms with E-state index >= 15 is 0 Å². The SMILES string of the molecule is CC1C2CCC(c3nsnc3Cl)N1CC2Cl. The Labute approximate surface area is 109 Å². The number of rotatable bonds is 1. The zero-order valence-corrected chi connectivity index (χ0v) is 11.3. The number of hydrogen-bond acceptors (Lipinski definition) is 4. The van der Waals surface area contributed by atoms with Crippen molar-refractivity contribution >= 4 is 34.9 Å². The van der Waals surface area contributed by atoms with Crippen LogP contribution in [-0.4, -0.2) is 31.6 Å². The van der Waals surface area contributed by atoms with Gasteiger partial charge in [-0.15, -0.1) is 11.6 Å². The van der Waals surface area contributed by atoms with Gasteiger partial charge >= 0.3 is 0 Å². The molecule has 5 unspecified atom stereocenters. The average Bonchev–Trinajstić information content (AvgIpc) is 2.72. The van der Waals surface area contributed by atoms with E-state index in [1.807, 2.05) is 0 Å². The van der Waals surface area contributed by atoms with Gasteiger partial charge in [0.1, 0.15) is 5.69 Å². The van der Waals surface area contributed by atoms with Crippen LogP contribution in [0, 0.1) is 5.92 Å². The fraction of sp³-hybridized carbons (Fsp3) is 0.800. The molecule has 0 amide bonds. The zero-order valence-electron chi connectivity index (χ0n) is 8.94. The summed E-state index contributed by atoms with van der Waals surface area (Å²) in [5, 5.41) is 0.851. The highest BCUT2D eigenvalue weighted by atomic mass is 35.5. The summed E-state index contributed by atoms with van der Waals surface area (Å²) in [6.07, 6.45) is 2.27. The Kier molecular flexibility index (Phi) is 2.86. The van der Waals surface area contributed by atoms with Crippen LogP contribution >= 0.6 is 34.9 Å². The number of alkyl halides is 1. The molecule has 3 nitrogen and oxygen atoms in total. The monoisotopic (exact) mass is 277 g/mol. The highest BCUT2D eigenvalue weighted by Crippen LogP contribution is 2.45. The van der Waals surface area contributed by atoms with Gasteiger partial charge in [-0.25, -0.2) is 0 Å². The number of halogens is 2. The van der Waals surface area contributed by atoms with Crippen LogP contribution < -0.4 is 0 Å². The van der Waals surface area contributed by atoms with Gasteiger partial charge in [-0.05, 0) is 25.7 Å². The van der Waals surface area contributed by atoms with E-state index in [2.05, 4.69) is 20.6 Å². The van der Waals surface area contributed by atoms with Crippen LogP contribution in [0.15, 0.2) is 0 Å². The molecule has 0 aromatic carbocycles. The topological polar surface area (TPSA) is 29.0 Å². The molecule has 2 saturated heterocycles. The largest absolute Gasteiger partial charge is 0.290 e. The summed E-state index contributed by atoms with van der Waals surface area (Å²) in [4.78, 5) is 2.44. The van der Waals surface area contributed by atoms with Gasteiger partial charge in [-0.3, -0.25) is 4.90 Å². The van der Waals surface area contributed by atoms with Gasteiger partial charge in [-0.1, -0.05) is 11.6 Å². The molecule has 16 heavy (non-hydrogen) atoms. The third-order valence-corrected chi connectivity index (χ3v) is 5.34. The number of hydrogen-bond donors (Lipinski definition) is 0. The summed E-state index contributed by atoms with van der Waals surface area (Å²) in [5.41, 5.74) is 0.947. The van der Waals surface area contributed by atoms with E-state index in [1.165, 1.54) is 18.1 Å². The number of nitrogens with zero attached hydrogens (tertiary/aromatic N) is 3. The van der Waals surface area contributed by atoms with Crippen LogP contribution in [0.4, 0.5) is 0 Å². The van der Waals surface area contributed by atoms with E-state index < -0.39 is 0 Å². The highest BCUT2D eigenvalue weighted by Gasteiger charge is 2.46. The maximum Gasteiger partial charge on any atom is 0.167 e. The fourth-order valence-electron chi connectivity index (χ4n) is 3.08. The van der Waals surface area contributed by atoms with Gasteiger partial charge in [0, 0.05) is 12.6 Å².